The van der Waals surface area contributed by atoms with Gasteiger partial charge in [-0.05, 0) is 89.9 Å². The smallest absolute Gasteiger partial charge is 0.462 e. The van der Waals surface area contributed by atoms with Crippen molar-refractivity contribution in [3.63, 3.8) is 0 Å². The second-order valence-corrected chi connectivity index (χ2v) is 16.7. The quantitative estimate of drug-likeness (QED) is 0.0266. The summed E-state index contributed by atoms with van der Waals surface area (Å²) in [6.45, 7) is 3.47. The van der Waals surface area contributed by atoms with Crippen molar-refractivity contribution in [2.45, 2.75) is 187 Å². The molecule has 0 saturated heterocycles. The van der Waals surface area contributed by atoms with E-state index in [9.17, 15) is 19.0 Å². The number of ether oxygens (including phenoxy) is 2. The van der Waals surface area contributed by atoms with Crippen LogP contribution in [-0.4, -0.2) is 49.3 Å². The highest BCUT2D eigenvalue weighted by atomic mass is 31.2. The fraction of sp³-hybridized carbons (Fsp3) is 0.647. The Kier molecular flexibility index (Phi) is 44.1. The number of carbonyl (C=O) groups excluding carboxylic acids is 2. The standard InChI is InChI=1S/C51H86NO8P/c1-3-5-7-9-11-13-15-17-19-21-23-24-26-28-30-32-34-36-38-40-42-44-51(54)60-49(48-59-61(55,56)58-46-45-52)47-57-50(53)43-41-39-37-35-33-31-29-27-25-22-20-18-16-14-12-10-8-6-4-2/h5-8,11-14,17-20,23-25,27,49H,3-4,9-10,15-16,21-22,26,28-48,52H2,1-2H3,(H,55,56)/b7-5-,8-6-,13-11-,14-12-,19-17-,20-18-,24-23-,27-25-. The summed E-state index contributed by atoms with van der Waals surface area (Å²) < 4.78 is 32.9. The van der Waals surface area contributed by atoms with E-state index in [1.54, 1.807) is 0 Å². The predicted molar refractivity (Wildman–Crippen MR) is 256 cm³/mol. The average molecular weight is 872 g/mol. The van der Waals surface area contributed by atoms with Crippen molar-refractivity contribution < 1.29 is 37.6 Å². The van der Waals surface area contributed by atoms with E-state index in [-0.39, 0.29) is 32.6 Å². The van der Waals surface area contributed by atoms with Gasteiger partial charge in [-0.1, -0.05) is 175 Å². The highest BCUT2D eigenvalue weighted by Crippen LogP contribution is 2.43. The van der Waals surface area contributed by atoms with Crippen LogP contribution in [0, 0.1) is 0 Å². The monoisotopic (exact) mass is 872 g/mol. The van der Waals surface area contributed by atoms with Crippen molar-refractivity contribution >= 4 is 19.8 Å². The van der Waals surface area contributed by atoms with Gasteiger partial charge in [-0.25, -0.2) is 4.57 Å². The summed E-state index contributed by atoms with van der Waals surface area (Å²) >= 11 is 0. The molecule has 0 aliphatic rings. The minimum atomic E-state index is -4.39. The highest BCUT2D eigenvalue weighted by molar-refractivity contribution is 7.47. The molecule has 0 saturated carbocycles. The first-order valence-electron chi connectivity index (χ1n) is 23.7. The van der Waals surface area contributed by atoms with Gasteiger partial charge in [0.1, 0.15) is 6.61 Å². The van der Waals surface area contributed by atoms with Gasteiger partial charge >= 0.3 is 19.8 Å². The third-order valence-corrected chi connectivity index (χ3v) is 10.4. The molecule has 3 N–H and O–H groups in total. The molecule has 0 fully saturated rings. The summed E-state index contributed by atoms with van der Waals surface area (Å²) in [6.07, 6.45) is 60.0. The van der Waals surface area contributed by atoms with Crippen molar-refractivity contribution in [2.24, 2.45) is 5.73 Å². The van der Waals surface area contributed by atoms with Crippen LogP contribution < -0.4 is 5.73 Å². The topological polar surface area (TPSA) is 134 Å². The maximum Gasteiger partial charge on any atom is 0.472 e. The number of unbranched alkanes of at least 4 members (excludes halogenated alkanes) is 14. The molecule has 348 valence electrons. The molecule has 0 spiro atoms. The van der Waals surface area contributed by atoms with Gasteiger partial charge < -0.3 is 20.1 Å². The lowest BCUT2D eigenvalue weighted by Gasteiger charge is -2.19. The first-order valence-corrected chi connectivity index (χ1v) is 25.2. The van der Waals surface area contributed by atoms with E-state index in [0.717, 1.165) is 116 Å². The molecule has 0 bridgehead atoms. The van der Waals surface area contributed by atoms with Crippen LogP contribution in [0.2, 0.25) is 0 Å². The summed E-state index contributed by atoms with van der Waals surface area (Å²) in [7, 11) is -4.39. The van der Waals surface area contributed by atoms with Gasteiger partial charge in [0.25, 0.3) is 0 Å². The van der Waals surface area contributed by atoms with Crippen molar-refractivity contribution in [3.8, 4) is 0 Å². The van der Waals surface area contributed by atoms with Crippen LogP contribution in [0.3, 0.4) is 0 Å². The molecular weight excluding hydrogens is 786 g/mol. The van der Waals surface area contributed by atoms with Gasteiger partial charge in [0.05, 0.1) is 13.2 Å². The first-order chi connectivity index (χ1) is 29.8. The molecule has 10 heteroatoms. The van der Waals surface area contributed by atoms with E-state index < -0.39 is 32.5 Å². The van der Waals surface area contributed by atoms with Crippen LogP contribution in [-0.2, 0) is 32.7 Å². The number of hydrogen-bond donors (Lipinski definition) is 2. The lowest BCUT2D eigenvalue weighted by atomic mass is 10.1. The molecule has 0 aliphatic carbocycles. The first kappa shape index (κ1) is 57.9. The fourth-order valence-corrected chi connectivity index (χ4v) is 6.79. The molecule has 0 amide bonds. The van der Waals surface area contributed by atoms with Crippen molar-refractivity contribution in [1.29, 1.82) is 0 Å². The van der Waals surface area contributed by atoms with Crippen LogP contribution >= 0.6 is 7.82 Å². The van der Waals surface area contributed by atoms with Crippen molar-refractivity contribution in [2.75, 3.05) is 26.4 Å². The largest absolute Gasteiger partial charge is 0.472 e. The lowest BCUT2D eigenvalue weighted by molar-refractivity contribution is -0.161. The zero-order valence-corrected chi connectivity index (χ0v) is 39.3. The summed E-state index contributed by atoms with van der Waals surface area (Å²) in [6, 6.07) is 0. The molecule has 0 heterocycles. The zero-order valence-electron chi connectivity index (χ0n) is 38.4. The van der Waals surface area contributed by atoms with Crippen LogP contribution in [0.4, 0.5) is 0 Å². The van der Waals surface area contributed by atoms with Gasteiger partial charge in [-0.2, -0.15) is 0 Å². The Morgan fingerprint density at radius 3 is 1.26 bits per heavy atom. The van der Waals surface area contributed by atoms with Gasteiger partial charge in [0.15, 0.2) is 6.10 Å². The number of rotatable bonds is 43. The predicted octanol–water partition coefficient (Wildman–Crippen LogP) is 14.2. The Labute approximate surface area is 372 Å². The number of phosphoric acid groups is 1. The normalized spacial score (nSPS) is 14.1. The molecule has 61 heavy (non-hydrogen) atoms. The van der Waals surface area contributed by atoms with Crippen LogP contribution in [0.5, 0.6) is 0 Å². The number of hydrogen-bond acceptors (Lipinski definition) is 8. The van der Waals surface area contributed by atoms with E-state index in [1.165, 1.54) is 25.7 Å². The SMILES string of the molecule is CC/C=C\C/C=C\C/C=C\C/C=C\CCCCCCCCCCC(=O)OC(COC(=O)CCCCCCCC/C=C\C/C=C\C/C=C\C/C=C\CC)COP(=O)(O)OCCN. The van der Waals surface area contributed by atoms with Crippen LogP contribution in [0.25, 0.3) is 0 Å². The summed E-state index contributed by atoms with van der Waals surface area (Å²) in [5.74, 6) is -0.861. The minimum absolute atomic E-state index is 0.0443. The number of phosphoric ester groups is 1. The Bertz CT molecular complexity index is 1320. The van der Waals surface area contributed by atoms with Gasteiger partial charge in [-0.15, -0.1) is 0 Å². The molecule has 0 radical (unpaired) electrons. The molecular formula is C51H86NO8P. The summed E-state index contributed by atoms with van der Waals surface area (Å²) in [5.41, 5.74) is 5.36. The Morgan fingerprint density at radius 2 is 0.852 bits per heavy atom. The second-order valence-electron chi connectivity index (χ2n) is 15.2. The lowest BCUT2D eigenvalue weighted by Crippen LogP contribution is -2.29. The second kappa shape index (κ2) is 46.4. The maximum absolute atomic E-state index is 12.6. The van der Waals surface area contributed by atoms with E-state index in [0.29, 0.717) is 12.8 Å². The molecule has 0 aliphatic heterocycles. The molecule has 0 rings (SSSR count). The van der Waals surface area contributed by atoms with Gasteiger partial charge in [0, 0.05) is 19.4 Å². The Balaban J connectivity index is 4.16. The Hall–Kier alpha value is -3.07. The minimum Gasteiger partial charge on any atom is -0.462 e. The van der Waals surface area contributed by atoms with E-state index in [1.807, 2.05) is 0 Å². The summed E-state index contributed by atoms with van der Waals surface area (Å²) in [4.78, 5) is 35.0. The average Bonchev–Trinajstić information content (AvgIpc) is 3.25. The highest BCUT2D eigenvalue weighted by Gasteiger charge is 2.26. The molecule has 9 nitrogen and oxygen atoms in total. The van der Waals surface area contributed by atoms with Crippen molar-refractivity contribution in [3.05, 3.63) is 97.2 Å². The molecule has 2 atom stereocenters. The zero-order chi connectivity index (χ0) is 44.6. The van der Waals surface area contributed by atoms with Gasteiger partial charge in [0.2, 0.25) is 0 Å². The van der Waals surface area contributed by atoms with E-state index in [4.69, 9.17) is 24.3 Å². The Morgan fingerprint density at radius 1 is 0.492 bits per heavy atom. The number of esters is 2. The molecule has 0 aromatic rings. The third kappa shape index (κ3) is 46.3. The fourth-order valence-electron chi connectivity index (χ4n) is 6.03. The molecule has 0 aromatic carbocycles. The third-order valence-electron chi connectivity index (χ3n) is 9.47. The van der Waals surface area contributed by atoms with Crippen LogP contribution in [0.15, 0.2) is 97.2 Å². The number of nitrogens with two attached hydrogens (primary N) is 1. The number of carbonyl (C=O) groups is 2. The molecule has 2 unspecified atom stereocenters. The van der Waals surface area contributed by atoms with E-state index >= 15 is 0 Å². The maximum atomic E-state index is 12.6. The number of allylic oxidation sites excluding steroid dienone is 16. The van der Waals surface area contributed by atoms with Crippen LogP contribution in [0.1, 0.15) is 181 Å². The molecule has 0 aromatic heterocycles. The summed E-state index contributed by atoms with van der Waals surface area (Å²) in [5, 5.41) is 0. The van der Waals surface area contributed by atoms with Crippen molar-refractivity contribution in [1.82, 2.24) is 0 Å². The van der Waals surface area contributed by atoms with E-state index in [2.05, 4.69) is 111 Å². The van der Waals surface area contributed by atoms with Gasteiger partial charge in [-0.3, -0.25) is 18.6 Å².